The average molecular weight is 328 g/mol. The van der Waals surface area contributed by atoms with E-state index in [0.717, 1.165) is 11.6 Å². The summed E-state index contributed by atoms with van der Waals surface area (Å²) in [5.41, 5.74) is 1.07. The zero-order valence-corrected chi connectivity index (χ0v) is 12.4. The summed E-state index contributed by atoms with van der Waals surface area (Å²) in [6.45, 7) is 0.463. The third-order valence-electron chi connectivity index (χ3n) is 2.94. The van der Waals surface area contributed by atoms with Crippen molar-refractivity contribution in [1.29, 1.82) is 0 Å². The van der Waals surface area contributed by atoms with E-state index >= 15 is 0 Å². The first kappa shape index (κ1) is 15.6. The quantitative estimate of drug-likeness (QED) is 0.850. The minimum absolute atomic E-state index is 0.0844. The van der Waals surface area contributed by atoms with E-state index in [2.05, 4.69) is 5.32 Å². The fourth-order valence-electron chi connectivity index (χ4n) is 1.85. The fraction of sp³-hybridized carbons (Fsp3) is 0.133. The van der Waals surface area contributed by atoms with Crippen LogP contribution in [-0.2, 0) is 6.42 Å². The predicted molar refractivity (Wildman–Crippen MR) is 82.0 cm³/mol. The molecule has 110 valence electrons. The van der Waals surface area contributed by atoms with E-state index in [9.17, 15) is 9.18 Å². The second-order valence-corrected chi connectivity index (χ2v) is 5.26. The van der Waals surface area contributed by atoms with Crippen LogP contribution in [0.5, 0.6) is 0 Å². The first-order chi connectivity index (χ1) is 9.97. The molecule has 0 fully saturated rings. The summed E-state index contributed by atoms with van der Waals surface area (Å²) in [6.07, 6.45) is 0.593. The maximum absolute atomic E-state index is 13.7. The molecular weight excluding hydrogens is 316 g/mol. The van der Waals surface area contributed by atoms with Gasteiger partial charge in [-0.15, -0.1) is 0 Å². The van der Waals surface area contributed by atoms with Gasteiger partial charge in [-0.3, -0.25) is 0 Å². The highest BCUT2D eigenvalue weighted by Crippen LogP contribution is 2.22. The van der Waals surface area contributed by atoms with Crippen molar-refractivity contribution >= 4 is 34.9 Å². The molecule has 0 aliphatic rings. The van der Waals surface area contributed by atoms with Crippen LogP contribution in [0.15, 0.2) is 36.4 Å². The largest absolute Gasteiger partial charge is 0.478 e. The number of halogens is 3. The number of carbonyl (C=O) groups is 1. The van der Waals surface area contributed by atoms with E-state index in [4.69, 9.17) is 28.3 Å². The van der Waals surface area contributed by atoms with Gasteiger partial charge < -0.3 is 10.4 Å². The first-order valence-corrected chi connectivity index (χ1v) is 6.93. The summed E-state index contributed by atoms with van der Waals surface area (Å²) in [5, 5.41) is 12.8. The Morgan fingerprint density at radius 2 is 1.95 bits per heavy atom. The molecular formula is C15H12Cl2FNO2. The van der Waals surface area contributed by atoms with Crippen LogP contribution in [0.1, 0.15) is 15.9 Å². The molecule has 0 heterocycles. The molecule has 0 radical (unpaired) electrons. The van der Waals surface area contributed by atoms with Gasteiger partial charge in [0.1, 0.15) is 5.82 Å². The van der Waals surface area contributed by atoms with E-state index in [1.165, 1.54) is 12.1 Å². The molecule has 0 unspecified atom stereocenters. The second kappa shape index (κ2) is 6.78. The molecule has 2 rings (SSSR count). The van der Waals surface area contributed by atoms with E-state index in [-0.39, 0.29) is 11.3 Å². The number of anilines is 1. The van der Waals surface area contributed by atoms with Crippen molar-refractivity contribution < 1.29 is 14.3 Å². The molecule has 0 atom stereocenters. The lowest BCUT2D eigenvalue weighted by Crippen LogP contribution is -2.07. The topological polar surface area (TPSA) is 49.3 Å². The van der Waals surface area contributed by atoms with Gasteiger partial charge in [-0.05, 0) is 42.3 Å². The average Bonchev–Trinajstić information content (AvgIpc) is 2.42. The Bertz CT molecular complexity index is 677. The summed E-state index contributed by atoms with van der Waals surface area (Å²) < 4.78 is 13.7. The Balaban J connectivity index is 1.99. The summed E-state index contributed by atoms with van der Waals surface area (Å²) >= 11 is 11.9. The van der Waals surface area contributed by atoms with Crippen LogP contribution >= 0.6 is 23.2 Å². The van der Waals surface area contributed by atoms with E-state index < -0.39 is 11.8 Å². The molecule has 0 aliphatic carbocycles. The smallest absolute Gasteiger partial charge is 0.335 e. The van der Waals surface area contributed by atoms with Crippen molar-refractivity contribution in [1.82, 2.24) is 0 Å². The number of hydrogen-bond acceptors (Lipinski definition) is 2. The minimum Gasteiger partial charge on any atom is -0.478 e. The number of benzene rings is 2. The van der Waals surface area contributed by atoms with Crippen LogP contribution in [0.3, 0.4) is 0 Å². The summed E-state index contributed by atoms with van der Waals surface area (Å²) in [5.74, 6) is -1.76. The van der Waals surface area contributed by atoms with Gasteiger partial charge in [0.15, 0.2) is 0 Å². The zero-order chi connectivity index (χ0) is 15.4. The molecule has 0 aromatic heterocycles. The van der Waals surface area contributed by atoms with Gasteiger partial charge in [0.2, 0.25) is 0 Å². The van der Waals surface area contributed by atoms with Crippen LogP contribution in [0.2, 0.25) is 10.0 Å². The highest BCUT2D eigenvalue weighted by Gasteiger charge is 2.08. The molecule has 2 aromatic carbocycles. The van der Waals surface area contributed by atoms with Gasteiger partial charge >= 0.3 is 5.97 Å². The van der Waals surface area contributed by atoms with Crippen molar-refractivity contribution in [2.45, 2.75) is 6.42 Å². The van der Waals surface area contributed by atoms with Crippen LogP contribution < -0.4 is 5.32 Å². The standard InChI is InChI=1S/C15H12Cl2FNO2/c16-11-3-1-9(12(17)8-11)5-6-19-14-4-2-10(15(20)21)7-13(14)18/h1-4,7-8,19H,5-6H2,(H,20,21). The number of nitrogens with one attached hydrogen (secondary N) is 1. The Labute approximate surface area is 131 Å². The maximum atomic E-state index is 13.7. The molecule has 3 nitrogen and oxygen atoms in total. The number of aromatic carboxylic acids is 1. The third-order valence-corrected chi connectivity index (χ3v) is 3.53. The Morgan fingerprint density at radius 3 is 2.57 bits per heavy atom. The normalized spacial score (nSPS) is 10.4. The lowest BCUT2D eigenvalue weighted by Gasteiger charge is -2.09. The summed E-state index contributed by atoms with van der Waals surface area (Å²) in [7, 11) is 0. The van der Waals surface area contributed by atoms with Crippen molar-refractivity contribution in [2.24, 2.45) is 0 Å². The molecule has 21 heavy (non-hydrogen) atoms. The summed E-state index contributed by atoms with van der Waals surface area (Å²) in [4.78, 5) is 10.7. The highest BCUT2D eigenvalue weighted by molar-refractivity contribution is 6.35. The molecule has 0 bridgehead atoms. The number of hydrogen-bond donors (Lipinski definition) is 2. The number of rotatable bonds is 5. The Hall–Kier alpha value is -1.78. The molecule has 0 saturated heterocycles. The van der Waals surface area contributed by atoms with Crippen molar-refractivity contribution in [2.75, 3.05) is 11.9 Å². The molecule has 0 saturated carbocycles. The maximum Gasteiger partial charge on any atom is 0.335 e. The van der Waals surface area contributed by atoms with Crippen LogP contribution in [0.4, 0.5) is 10.1 Å². The van der Waals surface area contributed by atoms with Crippen LogP contribution in [-0.4, -0.2) is 17.6 Å². The molecule has 2 N–H and O–H groups in total. The minimum atomic E-state index is -1.16. The first-order valence-electron chi connectivity index (χ1n) is 6.18. The number of carboxylic acid groups (broad SMARTS) is 1. The third kappa shape index (κ3) is 4.09. The lowest BCUT2D eigenvalue weighted by molar-refractivity contribution is 0.0696. The van der Waals surface area contributed by atoms with Gasteiger partial charge in [0.05, 0.1) is 11.3 Å². The van der Waals surface area contributed by atoms with Gasteiger partial charge in [-0.2, -0.15) is 0 Å². The fourth-order valence-corrected chi connectivity index (χ4v) is 2.35. The van der Waals surface area contributed by atoms with E-state index in [0.29, 0.717) is 23.0 Å². The van der Waals surface area contributed by atoms with Crippen molar-refractivity contribution in [3.8, 4) is 0 Å². The van der Waals surface area contributed by atoms with Crippen molar-refractivity contribution in [3.63, 3.8) is 0 Å². The Kier molecular flexibility index (Phi) is 5.04. The molecule has 0 amide bonds. The lowest BCUT2D eigenvalue weighted by atomic mass is 10.1. The van der Waals surface area contributed by atoms with Crippen LogP contribution in [0.25, 0.3) is 0 Å². The van der Waals surface area contributed by atoms with Gasteiger partial charge in [0.25, 0.3) is 0 Å². The van der Waals surface area contributed by atoms with Crippen LogP contribution in [0, 0.1) is 5.82 Å². The molecule has 2 aromatic rings. The zero-order valence-electron chi connectivity index (χ0n) is 10.9. The molecule has 0 aliphatic heterocycles. The monoisotopic (exact) mass is 327 g/mol. The second-order valence-electron chi connectivity index (χ2n) is 4.41. The van der Waals surface area contributed by atoms with Gasteiger partial charge in [-0.1, -0.05) is 29.3 Å². The Morgan fingerprint density at radius 1 is 1.19 bits per heavy atom. The van der Waals surface area contributed by atoms with Gasteiger partial charge in [0, 0.05) is 16.6 Å². The summed E-state index contributed by atoms with van der Waals surface area (Å²) in [6, 6.07) is 8.95. The SMILES string of the molecule is O=C(O)c1ccc(NCCc2ccc(Cl)cc2Cl)c(F)c1. The number of carboxylic acids is 1. The molecule has 6 heteroatoms. The van der Waals surface area contributed by atoms with E-state index in [1.54, 1.807) is 12.1 Å². The van der Waals surface area contributed by atoms with Crippen molar-refractivity contribution in [3.05, 3.63) is 63.4 Å². The predicted octanol–water partition coefficient (Wildman–Crippen LogP) is 4.49. The molecule has 0 spiro atoms. The van der Waals surface area contributed by atoms with E-state index in [1.807, 2.05) is 6.07 Å². The van der Waals surface area contributed by atoms with Gasteiger partial charge in [-0.25, -0.2) is 9.18 Å². The highest BCUT2D eigenvalue weighted by atomic mass is 35.5.